The van der Waals surface area contributed by atoms with Crippen LogP contribution in [-0.4, -0.2) is 21.9 Å². The number of aromatic hydroxyl groups is 1. The average molecular weight is 258 g/mol. The topological polar surface area (TPSA) is 60.7 Å². The predicted molar refractivity (Wildman–Crippen MR) is 74.0 cm³/mol. The van der Waals surface area contributed by atoms with E-state index >= 15 is 0 Å². The van der Waals surface area contributed by atoms with Gasteiger partial charge in [0, 0.05) is 18.1 Å². The summed E-state index contributed by atoms with van der Waals surface area (Å²) < 4.78 is 0. The molecule has 0 fully saturated rings. The van der Waals surface area contributed by atoms with Crippen molar-refractivity contribution >= 4 is 0 Å². The van der Waals surface area contributed by atoms with Gasteiger partial charge in [0.15, 0.2) is 0 Å². The molecule has 0 aliphatic heterocycles. The highest BCUT2D eigenvalue weighted by Gasteiger charge is 2.17. The molecule has 0 aromatic heterocycles. The zero-order valence-corrected chi connectivity index (χ0v) is 10.7. The van der Waals surface area contributed by atoms with Crippen molar-refractivity contribution < 1.29 is 15.3 Å². The molecule has 3 nitrogen and oxygen atoms in total. The van der Waals surface area contributed by atoms with E-state index in [2.05, 4.69) is 0 Å². The summed E-state index contributed by atoms with van der Waals surface area (Å²) in [4.78, 5) is 0. The molecule has 0 heterocycles. The van der Waals surface area contributed by atoms with Crippen molar-refractivity contribution in [3.63, 3.8) is 0 Å². The second kappa shape index (κ2) is 6.36. The summed E-state index contributed by atoms with van der Waals surface area (Å²) in [5.74, 6) is 0.122. The standard InChI is InChI=1S/C16H18O3/c17-9-8-14(13-4-2-1-3-5-13)15-10-12(11-18)6-7-16(15)19/h1-7,10,14,17-19H,8-9,11H2. The van der Waals surface area contributed by atoms with Crippen molar-refractivity contribution in [2.24, 2.45) is 0 Å². The SMILES string of the molecule is OCCC(c1ccccc1)c1cc(CO)ccc1O. The highest BCUT2D eigenvalue weighted by Crippen LogP contribution is 2.34. The first-order valence-corrected chi connectivity index (χ1v) is 6.34. The summed E-state index contributed by atoms with van der Waals surface area (Å²) in [6.45, 7) is -0.0176. The van der Waals surface area contributed by atoms with Crippen LogP contribution in [0.25, 0.3) is 0 Å². The van der Waals surface area contributed by atoms with E-state index in [9.17, 15) is 15.3 Å². The molecule has 0 aliphatic carbocycles. The first-order chi connectivity index (χ1) is 9.26. The summed E-state index contributed by atoms with van der Waals surface area (Å²) in [6, 6.07) is 14.8. The molecule has 2 rings (SSSR count). The van der Waals surface area contributed by atoms with Crippen LogP contribution in [0.5, 0.6) is 5.75 Å². The Bertz CT molecular complexity index is 523. The number of aliphatic hydroxyl groups is 2. The average Bonchev–Trinajstić information content (AvgIpc) is 2.47. The number of phenols is 1. The van der Waals surface area contributed by atoms with Gasteiger partial charge in [-0.1, -0.05) is 36.4 Å². The van der Waals surface area contributed by atoms with Gasteiger partial charge in [-0.2, -0.15) is 0 Å². The quantitative estimate of drug-likeness (QED) is 0.771. The Labute approximate surface area is 112 Å². The van der Waals surface area contributed by atoms with Crippen LogP contribution in [0.3, 0.4) is 0 Å². The molecule has 0 saturated heterocycles. The summed E-state index contributed by atoms with van der Waals surface area (Å²) in [7, 11) is 0. The van der Waals surface area contributed by atoms with E-state index in [0.717, 1.165) is 16.7 Å². The fourth-order valence-corrected chi connectivity index (χ4v) is 2.30. The molecule has 1 unspecified atom stereocenters. The third kappa shape index (κ3) is 3.13. The molecular formula is C16H18O3. The third-order valence-electron chi connectivity index (χ3n) is 3.27. The fourth-order valence-electron chi connectivity index (χ4n) is 2.30. The van der Waals surface area contributed by atoms with E-state index in [1.165, 1.54) is 0 Å². The number of rotatable bonds is 5. The van der Waals surface area contributed by atoms with Crippen molar-refractivity contribution in [1.82, 2.24) is 0 Å². The number of aliphatic hydroxyl groups excluding tert-OH is 2. The van der Waals surface area contributed by atoms with Crippen LogP contribution < -0.4 is 0 Å². The van der Waals surface area contributed by atoms with Gasteiger partial charge in [-0.25, -0.2) is 0 Å². The van der Waals surface area contributed by atoms with E-state index in [1.54, 1.807) is 18.2 Å². The lowest BCUT2D eigenvalue weighted by atomic mass is 9.87. The van der Waals surface area contributed by atoms with Crippen molar-refractivity contribution in [3.8, 4) is 5.75 Å². The smallest absolute Gasteiger partial charge is 0.119 e. The largest absolute Gasteiger partial charge is 0.508 e. The van der Waals surface area contributed by atoms with Gasteiger partial charge in [-0.15, -0.1) is 0 Å². The number of benzene rings is 2. The van der Waals surface area contributed by atoms with Crippen molar-refractivity contribution in [2.45, 2.75) is 18.9 Å². The van der Waals surface area contributed by atoms with Crippen molar-refractivity contribution in [3.05, 3.63) is 65.2 Å². The van der Waals surface area contributed by atoms with E-state index < -0.39 is 0 Å². The maximum atomic E-state index is 10.0. The molecule has 100 valence electrons. The number of hydrogen-bond donors (Lipinski definition) is 3. The molecule has 3 N–H and O–H groups in total. The van der Waals surface area contributed by atoms with Crippen LogP contribution in [-0.2, 0) is 6.61 Å². The van der Waals surface area contributed by atoms with Crippen LogP contribution in [0.1, 0.15) is 29.0 Å². The highest BCUT2D eigenvalue weighted by molar-refractivity contribution is 5.43. The number of hydrogen-bond acceptors (Lipinski definition) is 3. The van der Waals surface area contributed by atoms with Gasteiger partial charge < -0.3 is 15.3 Å². The maximum Gasteiger partial charge on any atom is 0.119 e. The first-order valence-electron chi connectivity index (χ1n) is 6.34. The van der Waals surface area contributed by atoms with E-state index in [4.69, 9.17) is 0 Å². The first kappa shape index (κ1) is 13.6. The Kier molecular flexibility index (Phi) is 4.55. The van der Waals surface area contributed by atoms with Gasteiger partial charge in [0.2, 0.25) is 0 Å². The fraction of sp³-hybridized carbons (Fsp3) is 0.250. The van der Waals surface area contributed by atoms with E-state index in [0.29, 0.717) is 6.42 Å². The maximum absolute atomic E-state index is 10.0. The monoisotopic (exact) mass is 258 g/mol. The predicted octanol–water partition coefficient (Wildman–Crippen LogP) is 2.40. The van der Waals surface area contributed by atoms with Crippen LogP contribution in [0, 0.1) is 0 Å². The summed E-state index contributed by atoms with van der Waals surface area (Å²) >= 11 is 0. The van der Waals surface area contributed by atoms with Gasteiger partial charge in [-0.05, 0) is 29.7 Å². The minimum absolute atomic E-state index is 0.0440. The molecule has 0 saturated carbocycles. The lowest BCUT2D eigenvalue weighted by Crippen LogP contribution is -2.05. The lowest BCUT2D eigenvalue weighted by Gasteiger charge is -2.19. The Morgan fingerprint density at radius 1 is 0.947 bits per heavy atom. The highest BCUT2D eigenvalue weighted by atomic mass is 16.3. The van der Waals surface area contributed by atoms with E-state index in [1.807, 2.05) is 30.3 Å². The molecule has 19 heavy (non-hydrogen) atoms. The minimum Gasteiger partial charge on any atom is -0.508 e. The zero-order chi connectivity index (χ0) is 13.7. The molecular weight excluding hydrogens is 240 g/mol. The van der Waals surface area contributed by atoms with Crippen molar-refractivity contribution in [1.29, 1.82) is 0 Å². The van der Waals surface area contributed by atoms with Gasteiger partial charge in [0.25, 0.3) is 0 Å². The lowest BCUT2D eigenvalue weighted by molar-refractivity contribution is 0.278. The molecule has 0 spiro atoms. The van der Waals surface area contributed by atoms with Crippen LogP contribution in [0.2, 0.25) is 0 Å². The molecule has 2 aromatic carbocycles. The molecule has 2 aromatic rings. The number of phenolic OH excluding ortho intramolecular Hbond substituents is 1. The molecule has 0 bridgehead atoms. The van der Waals surface area contributed by atoms with Gasteiger partial charge in [0.05, 0.1) is 6.61 Å². The summed E-state index contributed by atoms with van der Waals surface area (Å²) in [6.07, 6.45) is 0.534. The normalized spacial score (nSPS) is 12.3. The van der Waals surface area contributed by atoms with Gasteiger partial charge in [0.1, 0.15) is 5.75 Å². The second-order valence-electron chi connectivity index (χ2n) is 4.53. The molecule has 0 radical (unpaired) electrons. The zero-order valence-electron chi connectivity index (χ0n) is 10.7. The Morgan fingerprint density at radius 3 is 2.32 bits per heavy atom. The molecule has 0 amide bonds. The minimum atomic E-state index is -0.0716. The second-order valence-corrected chi connectivity index (χ2v) is 4.53. The third-order valence-corrected chi connectivity index (χ3v) is 3.27. The Hall–Kier alpha value is -1.84. The van der Waals surface area contributed by atoms with E-state index in [-0.39, 0.29) is 24.9 Å². The van der Waals surface area contributed by atoms with Crippen LogP contribution in [0.4, 0.5) is 0 Å². The van der Waals surface area contributed by atoms with Crippen LogP contribution >= 0.6 is 0 Å². The van der Waals surface area contributed by atoms with Gasteiger partial charge >= 0.3 is 0 Å². The Balaban J connectivity index is 2.44. The van der Waals surface area contributed by atoms with Crippen LogP contribution in [0.15, 0.2) is 48.5 Å². The Morgan fingerprint density at radius 2 is 1.68 bits per heavy atom. The summed E-state index contributed by atoms with van der Waals surface area (Å²) in [5.41, 5.74) is 2.54. The molecule has 0 aliphatic rings. The summed E-state index contributed by atoms with van der Waals surface area (Å²) in [5, 5.41) is 28.5. The van der Waals surface area contributed by atoms with Gasteiger partial charge in [-0.3, -0.25) is 0 Å². The molecule has 1 atom stereocenters. The van der Waals surface area contributed by atoms with Crippen molar-refractivity contribution in [2.75, 3.05) is 6.61 Å². The molecule has 3 heteroatoms.